The molecule has 0 heterocycles. The molecule has 0 fully saturated rings. The summed E-state index contributed by atoms with van der Waals surface area (Å²) in [6.07, 6.45) is 0. The number of amidine groups is 1. The van der Waals surface area contributed by atoms with Crippen molar-refractivity contribution >= 4 is 5.84 Å². The number of aliphatic hydroxyl groups is 1. The van der Waals surface area contributed by atoms with Gasteiger partial charge in [0.25, 0.3) is 0 Å². The van der Waals surface area contributed by atoms with E-state index in [1.54, 1.807) is 13.8 Å². The van der Waals surface area contributed by atoms with E-state index in [4.69, 9.17) is 22.0 Å². The van der Waals surface area contributed by atoms with E-state index < -0.39 is 0 Å². The predicted molar refractivity (Wildman–Crippen MR) is 40.6 cm³/mol. The van der Waals surface area contributed by atoms with Crippen LogP contribution in [0.15, 0.2) is 11.5 Å². The van der Waals surface area contributed by atoms with E-state index in [0.29, 0.717) is 0 Å². The SMILES string of the molecule is CC(C)C(O)=C(N)C(=N)N. The van der Waals surface area contributed by atoms with Gasteiger partial charge in [-0.15, -0.1) is 0 Å². The lowest BCUT2D eigenvalue weighted by atomic mass is 10.1. The number of hydrogen-bond donors (Lipinski definition) is 4. The molecule has 0 aromatic rings. The zero-order chi connectivity index (χ0) is 8.31. The van der Waals surface area contributed by atoms with Crippen LogP contribution in [0.25, 0.3) is 0 Å². The molecule has 0 rings (SSSR count). The molecule has 0 unspecified atom stereocenters. The lowest BCUT2D eigenvalue weighted by molar-refractivity contribution is 0.347. The molecule has 0 amide bonds. The number of hydrogen-bond acceptors (Lipinski definition) is 3. The lowest BCUT2D eigenvalue weighted by Gasteiger charge is -2.06. The molecule has 0 aliphatic carbocycles. The average Bonchev–Trinajstić information content (AvgIpc) is 1.84. The van der Waals surface area contributed by atoms with Crippen molar-refractivity contribution in [3.8, 4) is 0 Å². The molecule has 58 valence electrons. The quantitative estimate of drug-likeness (QED) is 0.254. The zero-order valence-electron chi connectivity index (χ0n) is 6.18. The topological polar surface area (TPSA) is 96.1 Å². The summed E-state index contributed by atoms with van der Waals surface area (Å²) in [5.41, 5.74) is 10.2. The third-order valence-electron chi connectivity index (χ3n) is 1.11. The first-order valence-corrected chi connectivity index (χ1v) is 2.99. The van der Waals surface area contributed by atoms with Crippen LogP contribution in [0.4, 0.5) is 0 Å². The Morgan fingerprint density at radius 2 is 1.80 bits per heavy atom. The summed E-state index contributed by atoms with van der Waals surface area (Å²) < 4.78 is 0. The molecule has 4 heteroatoms. The van der Waals surface area contributed by atoms with Crippen molar-refractivity contribution in [2.75, 3.05) is 0 Å². The van der Waals surface area contributed by atoms with Crippen molar-refractivity contribution in [2.45, 2.75) is 13.8 Å². The van der Waals surface area contributed by atoms with Crippen molar-refractivity contribution < 1.29 is 5.11 Å². The Balaban J connectivity index is 4.50. The maximum Gasteiger partial charge on any atom is 0.142 e. The maximum absolute atomic E-state index is 9.10. The van der Waals surface area contributed by atoms with Gasteiger partial charge in [0.15, 0.2) is 0 Å². The summed E-state index contributed by atoms with van der Waals surface area (Å²) in [6.45, 7) is 3.54. The first-order valence-electron chi connectivity index (χ1n) is 2.99. The fraction of sp³-hybridized carbons (Fsp3) is 0.500. The Kier molecular flexibility index (Phi) is 2.73. The Bertz CT molecular complexity index is 172. The molecule has 10 heavy (non-hydrogen) atoms. The Morgan fingerprint density at radius 1 is 1.40 bits per heavy atom. The van der Waals surface area contributed by atoms with Crippen LogP contribution in [0.2, 0.25) is 0 Å². The second-order valence-corrected chi connectivity index (χ2v) is 2.37. The number of nitrogens with one attached hydrogen (secondary N) is 1. The van der Waals surface area contributed by atoms with Crippen LogP contribution in [-0.4, -0.2) is 10.9 Å². The van der Waals surface area contributed by atoms with E-state index in [-0.39, 0.29) is 23.2 Å². The third-order valence-corrected chi connectivity index (χ3v) is 1.11. The van der Waals surface area contributed by atoms with Crippen molar-refractivity contribution in [1.29, 1.82) is 5.41 Å². The molecule has 0 aromatic carbocycles. The van der Waals surface area contributed by atoms with Gasteiger partial charge >= 0.3 is 0 Å². The molecule has 0 bridgehead atoms. The summed E-state index contributed by atoms with van der Waals surface area (Å²) in [5, 5.41) is 16.0. The lowest BCUT2D eigenvalue weighted by Crippen LogP contribution is -2.22. The van der Waals surface area contributed by atoms with E-state index in [1.165, 1.54) is 0 Å². The number of aliphatic hydroxyl groups excluding tert-OH is 1. The van der Waals surface area contributed by atoms with E-state index >= 15 is 0 Å². The van der Waals surface area contributed by atoms with Crippen LogP contribution in [0.1, 0.15) is 13.8 Å². The van der Waals surface area contributed by atoms with Gasteiger partial charge in [0, 0.05) is 5.92 Å². The minimum atomic E-state index is -0.286. The molecular weight excluding hydrogens is 130 g/mol. The highest BCUT2D eigenvalue weighted by molar-refractivity contribution is 5.93. The molecule has 0 atom stereocenters. The maximum atomic E-state index is 9.10. The third kappa shape index (κ3) is 1.97. The second-order valence-electron chi connectivity index (χ2n) is 2.37. The predicted octanol–water partition coefficient (Wildman–Crippen LogP) is 0.307. The second kappa shape index (κ2) is 3.10. The number of rotatable bonds is 2. The van der Waals surface area contributed by atoms with Gasteiger partial charge in [-0.1, -0.05) is 13.8 Å². The normalized spacial score (nSPS) is 13.1. The molecular formula is C6H13N3O. The van der Waals surface area contributed by atoms with Crippen molar-refractivity contribution in [3.63, 3.8) is 0 Å². The Labute approximate surface area is 60.0 Å². The van der Waals surface area contributed by atoms with E-state index in [9.17, 15) is 0 Å². The van der Waals surface area contributed by atoms with Gasteiger partial charge in [0.1, 0.15) is 17.3 Å². The van der Waals surface area contributed by atoms with Crippen LogP contribution in [0, 0.1) is 11.3 Å². The first-order chi connectivity index (χ1) is 4.46. The molecule has 0 aliphatic heterocycles. The van der Waals surface area contributed by atoms with Crippen LogP contribution in [-0.2, 0) is 0 Å². The highest BCUT2D eigenvalue weighted by atomic mass is 16.3. The monoisotopic (exact) mass is 143 g/mol. The van der Waals surface area contributed by atoms with Crippen LogP contribution < -0.4 is 11.5 Å². The molecule has 0 radical (unpaired) electrons. The van der Waals surface area contributed by atoms with Crippen LogP contribution in [0.5, 0.6) is 0 Å². The first kappa shape index (κ1) is 8.81. The van der Waals surface area contributed by atoms with E-state index in [2.05, 4.69) is 0 Å². The number of allylic oxidation sites excluding steroid dienone is 1. The Hall–Kier alpha value is -1.19. The van der Waals surface area contributed by atoms with Crippen molar-refractivity contribution in [3.05, 3.63) is 11.5 Å². The van der Waals surface area contributed by atoms with Gasteiger partial charge in [-0.2, -0.15) is 0 Å². The van der Waals surface area contributed by atoms with Crippen molar-refractivity contribution in [2.24, 2.45) is 17.4 Å². The molecule has 0 saturated carbocycles. The Morgan fingerprint density at radius 3 is 1.90 bits per heavy atom. The van der Waals surface area contributed by atoms with Gasteiger partial charge in [-0.3, -0.25) is 5.41 Å². The van der Waals surface area contributed by atoms with Crippen molar-refractivity contribution in [1.82, 2.24) is 0 Å². The highest BCUT2D eigenvalue weighted by Crippen LogP contribution is 2.06. The molecule has 4 nitrogen and oxygen atoms in total. The summed E-state index contributed by atoms with van der Waals surface area (Å²) in [7, 11) is 0. The van der Waals surface area contributed by atoms with Gasteiger partial charge in [-0.25, -0.2) is 0 Å². The molecule has 0 aliphatic rings. The van der Waals surface area contributed by atoms with Gasteiger partial charge in [0.05, 0.1) is 0 Å². The fourth-order valence-corrected chi connectivity index (χ4v) is 0.449. The van der Waals surface area contributed by atoms with Gasteiger partial charge < -0.3 is 16.6 Å². The zero-order valence-corrected chi connectivity index (χ0v) is 6.18. The fourth-order valence-electron chi connectivity index (χ4n) is 0.449. The number of nitrogens with two attached hydrogens (primary N) is 2. The molecule has 0 aromatic heterocycles. The van der Waals surface area contributed by atoms with E-state index in [0.717, 1.165) is 0 Å². The molecule has 0 spiro atoms. The summed E-state index contributed by atoms with van der Waals surface area (Å²) in [5.74, 6) is -0.386. The van der Waals surface area contributed by atoms with E-state index in [1.807, 2.05) is 0 Å². The van der Waals surface area contributed by atoms with Gasteiger partial charge in [0.2, 0.25) is 0 Å². The van der Waals surface area contributed by atoms with Crippen LogP contribution in [0.3, 0.4) is 0 Å². The highest BCUT2D eigenvalue weighted by Gasteiger charge is 2.07. The summed E-state index contributed by atoms with van der Waals surface area (Å²) >= 11 is 0. The minimum absolute atomic E-state index is 0.0208. The smallest absolute Gasteiger partial charge is 0.142 e. The van der Waals surface area contributed by atoms with Gasteiger partial charge in [-0.05, 0) is 0 Å². The molecule has 0 saturated heterocycles. The molecule has 6 N–H and O–H groups in total. The average molecular weight is 143 g/mol. The minimum Gasteiger partial charge on any atom is -0.510 e. The standard InChI is InChI=1S/C6H13N3O/c1-3(2)5(10)4(7)6(8)9/h3,10H,7H2,1-2H3,(H3,8,9). The largest absolute Gasteiger partial charge is 0.510 e. The van der Waals surface area contributed by atoms with Crippen LogP contribution >= 0.6 is 0 Å². The summed E-state index contributed by atoms with van der Waals surface area (Å²) in [6, 6.07) is 0. The summed E-state index contributed by atoms with van der Waals surface area (Å²) in [4.78, 5) is 0.